The number of rotatable bonds is 15. The van der Waals surface area contributed by atoms with Crippen molar-refractivity contribution in [2.24, 2.45) is 10.2 Å². The number of hydrogen-bond donors (Lipinski definition) is 2. The van der Waals surface area contributed by atoms with E-state index in [4.69, 9.17) is 4.55 Å². The summed E-state index contributed by atoms with van der Waals surface area (Å²) in [5.74, 6) is 0.192. The van der Waals surface area contributed by atoms with E-state index < -0.39 is 10.1 Å². The summed E-state index contributed by atoms with van der Waals surface area (Å²) >= 11 is 0. The normalized spacial score (nSPS) is 12.3. The predicted molar refractivity (Wildman–Crippen MR) is 138 cm³/mol. The van der Waals surface area contributed by atoms with E-state index in [1.807, 2.05) is 6.08 Å². The minimum atomic E-state index is -4.23. The molecule has 0 saturated carbocycles. The van der Waals surface area contributed by atoms with Gasteiger partial charge in [0.05, 0.1) is 16.3 Å². The molecule has 2 rings (SSSR count). The monoisotopic (exact) mass is 482 g/mol. The average molecular weight is 483 g/mol. The fourth-order valence-electron chi connectivity index (χ4n) is 3.36. The number of allylic oxidation sites excluding steroid dienone is 5. The lowest BCUT2D eigenvalue weighted by Crippen LogP contribution is -1.96. The second-order valence-corrected chi connectivity index (χ2v) is 9.41. The van der Waals surface area contributed by atoms with Crippen molar-refractivity contribution in [3.8, 4) is 5.75 Å². The van der Waals surface area contributed by atoms with Gasteiger partial charge in [0.2, 0.25) is 0 Å². The van der Waals surface area contributed by atoms with Gasteiger partial charge in [0.1, 0.15) is 5.75 Å². The maximum atomic E-state index is 11.1. The van der Waals surface area contributed by atoms with E-state index in [1.54, 1.807) is 18.2 Å². The Morgan fingerprint density at radius 2 is 1.50 bits per heavy atom. The number of phenolic OH excluding ortho intramolecular Hbond substituents is 1. The van der Waals surface area contributed by atoms with Crippen LogP contribution in [-0.4, -0.2) is 18.1 Å². The molecule has 0 aromatic heterocycles. The van der Waals surface area contributed by atoms with Crippen LogP contribution in [0, 0.1) is 0 Å². The Kier molecular flexibility index (Phi) is 12.0. The number of phenols is 1. The quantitative estimate of drug-likeness (QED) is 0.116. The second-order valence-electron chi connectivity index (χ2n) is 7.99. The molecule has 34 heavy (non-hydrogen) atoms. The molecule has 0 atom stereocenters. The summed E-state index contributed by atoms with van der Waals surface area (Å²) in [5, 5.41) is 18.3. The standard InChI is InChI=1S/C27H34N2O4S/c1-2-3-4-5-6-7-8-9-10-11-12-13-14-15-23-22-25(30)18-21-27(23)29-28-24-16-19-26(20-17-24)34(31,32)33/h2,4-5,7-8,16-22,30H,1,3,6,9-15H2,(H,31,32,33)/b5-4-,8-7-,29-28?. The van der Waals surface area contributed by atoms with Crippen molar-refractivity contribution in [2.45, 2.75) is 62.7 Å². The lowest BCUT2D eigenvalue weighted by molar-refractivity contribution is 0.474. The zero-order chi connectivity index (χ0) is 24.7. The van der Waals surface area contributed by atoms with Gasteiger partial charge in [-0.15, -0.1) is 6.58 Å². The Hall–Kier alpha value is -3.03. The summed E-state index contributed by atoms with van der Waals surface area (Å²) in [5.41, 5.74) is 2.06. The lowest BCUT2D eigenvalue weighted by Gasteiger charge is -2.06. The number of unbranched alkanes of at least 4 members (excludes halogenated alkanes) is 5. The third-order valence-electron chi connectivity index (χ3n) is 5.20. The molecule has 0 amide bonds. The molecule has 0 fully saturated rings. The molecule has 0 aliphatic carbocycles. The summed E-state index contributed by atoms with van der Waals surface area (Å²) in [6, 6.07) is 10.5. The highest BCUT2D eigenvalue weighted by Gasteiger charge is 2.08. The Balaban J connectivity index is 1.76. The van der Waals surface area contributed by atoms with Crippen molar-refractivity contribution < 1.29 is 18.1 Å². The molecule has 0 heterocycles. The van der Waals surface area contributed by atoms with Crippen molar-refractivity contribution >= 4 is 21.5 Å². The van der Waals surface area contributed by atoms with E-state index in [2.05, 4.69) is 41.1 Å². The van der Waals surface area contributed by atoms with Gasteiger partial charge in [0, 0.05) is 0 Å². The molecule has 0 bridgehead atoms. The zero-order valence-corrected chi connectivity index (χ0v) is 20.3. The van der Waals surface area contributed by atoms with Crippen LogP contribution < -0.4 is 0 Å². The Bertz CT molecular complexity index is 1090. The first kappa shape index (κ1) is 27.2. The van der Waals surface area contributed by atoms with Crippen molar-refractivity contribution in [3.63, 3.8) is 0 Å². The van der Waals surface area contributed by atoms with Crippen LogP contribution in [0.4, 0.5) is 11.4 Å². The molecule has 2 aromatic rings. The van der Waals surface area contributed by atoms with E-state index in [1.165, 1.54) is 43.5 Å². The largest absolute Gasteiger partial charge is 0.508 e. The number of aryl methyl sites for hydroxylation is 1. The number of hydrogen-bond acceptors (Lipinski definition) is 5. The molecule has 0 spiro atoms. The predicted octanol–water partition coefficient (Wildman–Crippen LogP) is 8.02. The van der Waals surface area contributed by atoms with Gasteiger partial charge < -0.3 is 5.11 Å². The van der Waals surface area contributed by atoms with Gasteiger partial charge in [0.15, 0.2) is 0 Å². The lowest BCUT2D eigenvalue weighted by atomic mass is 10.0. The maximum absolute atomic E-state index is 11.1. The topological polar surface area (TPSA) is 99.3 Å². The van der Waals surface area contributed by atoms with Gasteiger partial charge in [-0.3, -0.25) is 4.55 Å². The van der Waals surface area contributed by atoms with Crippen LogP contribution in [0.5, 0.6) is 5.75 Å². The van der Waals surface area contributed by atoms with Crippen molar-refractivity contribution in [2.75, 3.05) is 0 Å². The minimum Gasteiger partial charge on any atom is -0.508 e. The van der Waals surface area contributed by atoms with Gasteiger partial charge in [-0.05, 0) is 86.6 Å². The molecular formula is C27H34N2O4S. The number of aromatic hydroxyl groups is 1. The molecule has 2 aromatic carbocycles. The highest BCUT2D eigenvalue weighted by atomic mass is 32.2. The molecule has 0 aliphatic heterocycles. The van der Waals surface area contributed by atoms with Crippen molar-refractivity contribution in [3.05, 3.63) is 85.0 Å². The van der Waals surface area contributed by atoms with Crippen LogP contribution in [0.2, 0.25) is 0 Å². The molecule has 0 saturated heterocycles. The van der Waals surface area contributed by atoms with Crippen molar-refractivity contribution in [1.29, 1.82) is 0 Å². The van der Waals surface area contributed by atoms with Crippen molar-refractivity contribution in [1.82, 2.24) is 0 Å². The Labute approximate surface area is 203 Å². The first-order valence-corrected chi connectivity index (χ1v) is 13.1. The molecule has 6 nitrogen and oxygen atoms in total. The minimum absolute atomic E-state index is 0.191. The second kappa shape index (κ2) is 15.0. The van der Waals surface area contributed by atoms with Gasteiger partial charge in [-0.2, -0.15) is 18.6 Å². The smallest absolute Gasteiger partial charge is 0.294 e. The zero-order valence-electron chi connectivity index (χ0n) is 19.5. The fraction of sp³-hybridized carbons (Fsp3) is 0.333. The fourth-order valence-corrected chi connectivity index (χ4v) is 3.84. The molecule has 0 radical (unpaired) electrons. The van der Waals surface area contributed by atoms with E-state index in [-0.39, 0.29) is 10.6 Å². The van der Waals surface area contributed by atoms with Gasteiger partial charge in [0.25, 0.3) is 10.1 Å². The van der Waals surface area contributed by atoms with E-state index in [9.17, 15) is 13.5 Å². The summed E-state index contributed by atoms with van der Waals surface area (Å²) < 4.78 is 31.3. The van der Waals surface area contributed by atoms with Crippen LogP contribution in [0.1, 0.15) is 56.9 Å². The highest BCUT2D eigenvalue weighted by Crippen LogP contribution is 2.28. The van der Waals surface area contributed by atoms with Gasteiger partial charge >= 0.3 is 0 Å². The summed E-state index contributed by atoms with van der Waals surface area (Å²) in [7, 11) is -4.23. The van der Waals surface area contributed by atoms with Gasteiger partial charge in [-0.25, -0.2) is 0 Å². The maximum Gasteiger partial charge on any atom is 0.294 e. The molecular weight excluding hydrogens is 448 g/mol. The molecule has 0 aliphatic rings. The average Bonchev–Trinajstić information content (AvgIpc) is 2.81. The van der Waals surface area contributed by atoms with E-state index in [0.717, 1.165) is 44.1 Å². The molecule has 7 heteroatoms. The summed E-state index contributed by atoms with van der Waals surface area (Å²) in [4.78, 5) is -0.191. The van der Waals surface area contributed by atoms with Gasteiger partial charge in [-0.1, -0.05) is 49.6 Å². The number of azo groups is 1. The third-order valence-corrected chi connectivity index (χ3v) is 6.06. The Morgan fingerprint density at radius 3 is 2.24 bits per heavy atom. The Morgan fingerprint density at radius 1 is 0.824 bits per heavy atom. The SMILES string of the molecule is C=CC/C=C\C/C=C\CCCCCCCc1cc(O)ccc1N=Nc1ccc(S(=O)(=O)O)cc1. The molecule has 0 unspecified atom stereocenters. The first-order valence-electron chi connectivity index (χ1n) is 11.6. The highest BCUT2D eigenvalue weighted by molar-refractivity contribution is 7.85. The van der Waals surface area contributed by atoms with E-state index >= 15 is 0 Å². The number of benzene rings is 2. The third kappa shape index (κ3) is 10.7. The van der Waals surface area contributed by atoms with Crippen LogP contribution in [0.25, 0.3) is 0 Å². The van der Waals surface area contributed by atoms with E-state index in [0.29, 0.717) is 11.4 Å². The summed E-state index contributed by atoms with van der Waals surface area (Å²) in [6.45, 7) is 3.69. The van der Waals surface area contributed by atoms with Crippen LogP contribution >= 0.6 is 0 Å². The number of nitrogens with zero attached hydrogens (tertiary/aromatic N) is 2. The summed E-state index contributed by atoms with van der Waals surface area (Å²) in [6.07, 6.45) is 20.1. The molecule has 2 N–H and O–H groups in total. The first-order chi connectivity index (χ1) is 16.4. The van der Waals surface area contributed by atoms with Crippen LogP contribution in [0.3, 0.4) is 0 Å². The van der Waals surface area contributed by atoms with Crippen LogP contribution in [0.15, 0.2) is 94.5 Å². The molecule has 182 valence electrons. The van der Waals surface area contributed by atoms with Crippen LogP contribution in [-0.2, 0) is 16.5 Å².